The Kier molecular flexibility index (Phi) is 12.7. The van der Waals surface area contributed by atoms with Gasteiger partial charge in [0.1, 0.15) is 34.5 Å². The van der Waals surface area contributed by atoms with Crippen LogP contribution in [0.25, 0.3) is 0 Å². The Morgan fingerprint density at radius 3 is 0.576 bits per heavy atom. The molecule has 0 aromatic heterocycles. The van der Waals surface area contributed by atoms with Gasteiger partial charge in [0.05, 0.1) is 65.9 Å². The molecule has 0 unspecified atom stereocenters. The molecule has 336 valence electrons. The van der Waals surface area contributed by atoms with Gasteiger partial charge in [-0.3, -0.25) is 60.7 Å². The minimum absolute atomic E-state index is 0.426. The summed E-state index contributed by atoms with van der Waals surface area (Å²) in [5.41, 5.74) is -3.30. The summed E-state index contributed by atoms with van der Waals surface area (Å²) in [5, 5.41) is 71.9. The Bertz CT molecular complexity index is 2630. The van der Waals surface area contributed by atoms with Gasteiger partial charge >= 0.3 is 23.0 Å². The van der Waals surface area contributed by atoms with Gasteiger partial charge in [-0.1, -0.05) is 49.9 Å². The zero-order valence-corrected chi connectivity index (χ0v) is 35.3. The van der Waals surface area contributed by atoms with Crippen molar-refractivity contribution in [1.29, 1.82) is 0 Å². The molecule has 1 aliphatic heterocycles. The van der Waals surface area contributed by atoms with Crippen molar-refractivity contribution in [3.63, 3.8) is 0 Å². The highest BCUT2D eigenvalue weighted by Crippen LogP contribution is 2.79. The maximum atomic E-state index is 12.0. The predicted octanol–water partition coefficient (Wildman–Crippen LogP) is 11.8. The van der Waals surface area contributed by atoms with Gasteiger partial charge in [0.25, 0.3) is 34.1 Å². The second-order valence-corrected chi connectivity index (χ2v) is 19.0. The molecule has 0 amide bonds. The molecule has 1 aliphatic rings. The van der Waals surface area contributed by atoms with Crippen LogP contribution in [0, 0.1) is 60.7 Å². The zero-order chi connectivity index (χ0) is 47.2. The Morgan fingerprint density at radius 2 is 0.439 bits per heavy atom. The minimum atomic E-state index is -5.07. The van der Waals surface area contributed by atoms with E-state index in [4.69, 9.17) is 27.1 Å². The van der Waals surface area contributed by atoms with Crippen LogP contribution in [-0.2, 0) is 0 Å². The van der Waals surface area contributed by atoms with Gasteiger partial charge in [-0.15, -0.1) is 0 Å². The van der Waals surface area contributed by atoms with E-state index in [9.17, 15) is 60.7 Å². The Balaban J connectivity index is 1.65. The standard InChI is InChI=1S/C36H24N9O18P3/c46-40(47)25-7-1-13-31(19-25)58-64(59-32-14-2-8-26(20-32)41(48)49)37-65(60-33-15-3-9-27(21-33)42(50)51,61-34-16-4-10-28(22-34)43(52)53)39-66(38-64,62-35-17-5-11-29(23-35)44(54)55)63-36-18-6-12-30(24-36)45(56)57/h1-24H. The lowest BCUT2D eigenvalue weighted by Gasteiger charge is -2.33. The number of nitrogens with zero attached hydrogens (tertiary/aromatic N) is 9. The van der Waals surface area contributed by atoms with Gasteiger partial charge in [0.15, 0.2) is 0 Å². The van der Waals surface area contributed by atoms with Crippen molar-refractivity contribution in [1.82, 2.24) is 0 Å². The van der Waals surface area contributed by atoms with E-state index < -0.39 is 121 Å². The van der Waals surface area contributed by atoms with Crippen LogP contribution in [-0.4, -0.2) is 29.5 Å². The van der Waals surface area contributed by atoms with Crippen LogP contribution in [0.3, 0.4) is 0 Å². The fraction of sp³-hybridized carbons (Fsp3) is 0. The first-order valence-electron chi connectivity index (χ1n) is 18.0. The number of nitro benzene ring substituents is 6. The van der Waals surface area contributed by atoms with E-state index in [1.54, 1.807) is 0 Å². The minimum Gasteiger partial charge on any atom is -0.413 e. The van der Waals surface area contributed by atoms with Gasteiger partial charge in [0, 0.05) is 36.4 Å². The number of nitro groups is 6. The molecule has 6 aromatic carbocycles. The molecule has 1 heterocycles. The van der Waals surface area contributed by atoms with Crippen LogP contribution in [0.4, 0.5) is 34.1 Å². The summed E-state index contributed by atoms with van der Waals surface area (Å²) in [6.45, 7) is 0. The van der Waals surface area contributed by atoms with E-state index in [0.29, 0.717) is 0 Å². The molecule has 0 bridgehead atoms. The van der Waals surface area contributed by atoms with Crippen LogP contribution in [0.5, 0.6) is 34.5 Å². The fourth-order valence-corrected chi connectivity index (χ4v) is 14.5. The average molecular weight is 964 g/mol. The van der Waals surface area contributed by atoms with Crippen LogP contribution in [0.2, 0.25) is 0 Å². The summed E-state index contributed by atoms with van der Waals surface area (Å²) in [6.07, 6.45) is 0. The van der Waals surface area contributed by atoms with Crippen molar-refractivity contribution in [2.75, 3.05) is 0 Å². The second-order valence-electron chi connectivity index (χ2n) is 12.8. The molecular weight excluding hydrogens is 939 g/mol. The first-order valence-corrected chi connectivity index (χ1v) is 22.6. The molecule has 0 radical (unpaired) electrons. The first kappa shape index (κ1) is 45.2. The van der Waals surface area contributed by atoms with Gasteiger partial charge < -0.3 is 27.1 Å². The molecule has 0 fully saturated rings. The molecule has 66 heavy (non-hydrogen) atoms. The number of hydrogen-bond donors (Lipinski definition) is 0. The third-order valence-corrected chi connectivity index (χ3v) is 16.3. The van der Waals surface area contributed by atoms with Crippen LogP contribution >= 0.6 is 23.0 Å². The smallest absolute Gasteiger partial charge is 0.413 e. The fourth-order valence-electron chi connectivity index (χ4n) is 5.50. The third kappa shape index (κ3) is 10.7. The second kappa shape index (κ2) is 18.5. The first-order chi connectivity index (χ1) is 31.4. The topological polar surface area (TPSA) is 351 Å². The SMILES string of the molecule is O=[N+]([O-])c1cccc(OP2(Oc3cccc([N+](=O)[O-])c3)=NP(Oc3cccc([N+](=O)[O-])c3)(Oc3cccc([N+](=O)[O-])c3)=NP(Oc3cccc([N+](=O)[O-])c3)(Oc3cccc([N+](=O)[O-])c3)=N2)c1. The van der Waals surface area contributed by atoms with E-state index in [-0.39, 0.29) is 0 Å². The summed E-state index contributed by atoms with van der Waals surface area (Å²) in [7, 11) is -15.2. The molecule has 30 heteroatoms. The molecular formula is C36H24N9O18P3. The van der Waals surface area contributed by atoms with Gasteiger partial charge in [-0.2, -0.15) is 0 Å². The normalized spacial score (nSPS) is 14.0. The van der Waals surface area contributed by atoms with E-state index in [0.717, 1.165) is 72.8 Å². The van der Waals surface area contributed by atoms with Crippen molar-refractivity contribution >= 4 is 57.1 Å². The van der Waals surface area contributed by atoms with Crippen molar-refractivity contribution in [2.24, 2.45) is 13.5 Å². The molecule has 0 atom stereocenters. The molecule has 0 saturated heterocycles. The van der Waals surface area contributed by atoms with Crippen LogP contribution < -0.4 is 27.1 Å². The molecule has 27 nitrogen and oxygen atoms in total. The van der Waals surface area contributed by atoms with E-state index >= 15 is 0 Å². The average Bonchev–Trinajstić information content (AvgIpc) is 3.26. The Hall–Kier alpha value is -8.79. The highest BCUT2D eigenvalue weighted by Gasteiger charge is 2.49. The Morgan fingerprint density at radius 1 is 0.288 bits per heavy atom. The van der Waals surface area contributed by atoms with Gasteiger partial charge in [0.2, 0.25) is 0 Å². The van der Waals surface area contributed by atoms with Crippen LogP contribution in [0.15, 0.2) is 159 Å². The third-order valence-electron chi connectivity index (χ3n) is 8.19. The van der Waals surface area contributed by atoms with Gasteiger partial charge in [-0.25, -0.2) is 0 Å². The molecule has 7 rings (SSSR count). The number of rotatable bonds is 18. The highest BCUT2D eigenvalue weighted by atomic mass is 31.3. The van der Waals surface area contributed by atoms with Crippen molar-refractivity contribution in [2.45, 2.75) is 0 Å². The summed E-state index contributed by atoms with van der Waals surface area (Å²) in [5.74, 6) is -2.56. The Labute approximate surface area is 367 Å². The lowest BCUT2D eigenvalue weighted by atomic mass is 10.3. The number of benzene rings is 6. The monoisotopic (exact) mass is 963 g/mol. The summed E-state index contributed by atoms with van der Waals surface area (Å²) in [4.78, 5) is 67.2. The maximum absolute atomic E-state index is 12.0. The molecule has 0 spiro atoms. The van der Waals surface area contributed by atoms with Crippen molar-refractivity contribution in [3.05, 3.63) is 206 Å². The summed E-state index contributed by atoms with van der Waals surface area (Å²) >= 11 is 0. The molecule has 6 aromatic rings. The molecule has 0 aliphatic carbocycles. The maximum Gasteiger partial charge on any atom is 0.460 e. The summed E-state index contributed by atoms with van der Waals surface area (Å²) < 4.78 is 52.2. The largest absolute Gasteiger partial charge is 0.460 e. The molecule has 0 saturated carbocycles. The van der Waals surface area contributed by atoms with Crippen molar-refractivity contribution < 1.29 is 56.7 Å². The van der Waals surface area contributed by atoms with Crippen molar-refractivity contribution in [3.8, 4) is 34.5 Å². The zero-order valence-electron chi connectivity index (χ0n) is 32.6. The van der Waals surface area contributed by atoms with E-state index in [1.807, 2.05) is 0 Å². The summed E-state index contributed by atoms with van der Waals surface area (Å²) in [6, 6.07) is 26.2. The predicted molar refractivity (Wildman–Crippen MR) is 230 cm³/mol. The molecule has 0 N–H and O–H groups in total. The van der Waals surface area contributed by atoms with Gasteiger partial charge in [-0.05, 0) is 36.4 Å². The quantitative estimate of drug-likeness (QED) is 0.0438. The lowest BCUT2D eigenvalue weighted by Crippen LogP contribution is -2.11. The van der Waals surface area contributed by atoms with E-state index in [2.05, 4.69) is 13.5 Å². The highest BCUT2D eigenvalue weighted by molar-refractivity contribution is 7.79. The van der Waals surface area contributed by atoms with E-state index in [1.165, 1.54) is 72.8 Å². The lowest BCUT2D eigenvalue weighted by molar-refractivity contribution is -0.385. The number of hydrogen-bond acceptors (Lipinski definition) is 21. The number of non-ortho nitro benzene ring substituents is 6. The van der Waals surface area contributed by atoms with Crippen LogP contribution in [0.1, 0.15) is 0 Å².